The number of carbonyl (C=O) groups is 1. The summed E-state index contributed by atoms with van der Waals surface area (Å²) in [6.45, 7) is 5.20. The van der Waals surface area contributed by atoms with Crippen molar-refractivity contribution in [2.45, 2.75) is 38.8 Å². The number of nitrogens with zero attached hydrogens (tertiary/aromatic N) is 3. The highest BCUT2D eigenvalue weighted by atomic mass is 16.5. The number of carbonyl (C=O) groups excluding carboxylic acids is 1. The van der Waals surface area contributed by atoms with Gasteiger partial charge >= 0.3 is 0 Å². The van der Waals surface area contributed by atoms with E-state index in [1.807, 2.05) is 12.1 Å². The number of aryl methyl sites for hydroxylation is 1. The maximum Gasteiger partial charge on any atom is 0.239 e. The van der Waals surface area contributed by atoms with Gasteiger partial charge in [0.15, 0.2) is 0 Å². The van der Waals surface area contributed by atoms with Crippen LogP contribution in [0.3, 0.4) is 0 Å². The Kier molecular flexibility index (Phi) is 4.82. The van der Waals surface area contributed by atoms with Crippen molar-refractivity contribution >= 4 is 28.6 Å². The Morgan fingerprint density at radius 3 is 3.07 bits per heavy atom. The number of imidazole rings is 1. The number of nitrogens with two attached hydrogens (primary N) is 1. The largest absolute Gasteiger partial charge is 0.491 e. The number of hydrogen-bond acceptors (Lipinski definition) is 6. The molecule has 1 fully saturated rings. The van der Waals surface area contributed by atoms with Crippen LogP contribution >= 0.6 is 0 Å². The third-order valence-electron chi connectivity index (χ3n) is 5.44. The minimum absolute atomic E-state index is 0.212. The van der Waals surface area contributed by atoms with Gasteiger partial charge in [-0.1, -0.05) is 0 Å². The number of hydrogen-bond donors (Lipinski definition) is 3. The minimum atomic E-state index is -0.477. The van der Waals surface area contributed by atoms with Gasteiger partial charge in [0.25, 0.3) is 0 Å². The highest BCUT2D eigenvalue weighted by Gasteiger charge is 2.26. The average Bonchev–Trinajstić information content (AvgIpc) is 2.89. The van der Waals surface area contributed by atoms with Crippen LogP contribution in [0.5, 0.6) is 5.75 Å². The van der Waals surface area contributed by atoms with Crippen LogP contribution < -0.4 is 20.7 Å². The third-order valence-corrected chi connectivity index (χ3v) is 5.44. The van der Waals surface area contributed by atoms with Gasteiger partial charge < -0.3 is 30.4 Å². The first-order chi connectivity index (χ1) is 13.1. The number of aromatic nitrogens is 2. The predicted molar refractivity (Wildman–Crippen MR) is 104 cm³/mol. The third kappa shape index (κ3) is 3.41. The number of aliphatic hydroxyl groups excluding tert-OH is 1. The summed E-state index contributed by atoms with van der Waals surface area (Å²) in [5.74, 6) is 1.60. The summed E-state index contributed by atoms with van der Waals surface area (Å²) >= 11 is 0. The van der Waals surface area contributed by atoms with Gasteiger partial charge in [-0.25, -0.2) is 4.98 Å². The number of nitrogens with one attached hydrogen (secondary N) is 1. The maximum atomic E-state index is 11.4. The monoisotopic (exact) mass is 373 g/mol. The normalized spacial score (nSPS) is 20.8. The van der Waals surface area contributed by atoms with Gasteiger partial charge in [-0.3, -0.25) is 4.79 Å². The van der Waals surface area contributed by atoms with E-state index in [2.05, 4.69) is 14.8 Å². The lowest BCUT2D eigenvalue weighted by atomic mass is 9.99. The molecule has 0 unspecified atom stereocenters. The number of primary amides is 1. The molecular formula is C19H27N5O3. The van der Waals surface area contributed by atoms with Gasteiger partial charge in [-0.05, 0) is 38.2 Å². The fraction of sp³-hybridized carbons (Fsp3) is 0.579. The van der Waals surface area contributed by atoms with Crippen LogP contribution in [0.4, 0.5) is 11.6 Å². The highest BCUT2D eigenvalue weighted by molar-refractivity contribution is 5.90. The minimum Gasteiger partial charge on any atom is -0.491 e. The molecule has 1 saturated heterocycles. The Labute approximate surface area is 158 Å². The second-order valence-corrected chi connectivity index (χ2v) is 7.51. The zero-order chi connectivity index (χ0) is 19.0. The first-order valence-electron chi connectivity index (χ1n) is 9.65. The van der Waals surface area contributed by atoms with Crippen molar-refractivity contribution in [3.63, 3.8) is 0 Å². The summed E-state index contributed by atoms with van der Waals surface area (Å²) in [7, 11) is 0. The quantitative estimate of drug-likeness (QED) is 0.730. The van der Waals surface area contributed by atoms with Crippen LogP contribution in [-0.4, -0.2) is 52.9 Å². The highest BCUT2D eigenvalue weighted by Crippen LogP contribution is 2.36. The molecule has 146 valence electrons. The molecule has 4 rings (SSSR count). The SMILES string of the molecule is C[C@H](Nc1cc2c3c(c1)nc(N1CCC[C@@H](CO)C1)n3CCCO2)C(N)=O. The average molecular weight is 373 g/mol. The summed E-state index contributed by atoms with van der Waals surface area (Å²) in [4.78, 5) is 18.6. The van der Waals surface area contributed by atoms with Crippen molar-refractivity contribution in [1.82, 2.24) is 9.55 Å². The van der Waals surface area contributed by atoms with Crippen molar-refractivity contribution in [2.75, 3.05) is 36.5 Å². The van der Waals surface area contributed by atoms with Crippen LogP contribution in [0.1, 0.15) is 26.2 Å². The molecule has 1 amide bonds. The molecule has 0 bridgehead atoms. The topological polar surface area (TPSA) is 106 Å². The maximum absolute atomic E-state index is 11.4. The zero-order valence-corrected chi connectivity index (χ0v) is 15.6. The first-order valence-corrected chi connectivity index (χ1v) is 9.65. The van der Waals surface area contributed by atoms with Gasteiger partial charge in [0.2, 0.25) is 11.9 Å². The molecule has 27 heavy (non-hydrogen) atoms. The number of amides is 1. The first kappa shape index (κ1) is 17.9. The molecule has 2 atom stereocenters. The van der Waals surface area contributed by atoms with E-state index in [0.717, 1.165) is 67.3 Å². The molecule has 3 heterocycles. The Morgan fingerprint density at radius 1 is 1.44 bits per heavy atom. The number of benzene rings is 1. The summed E-state index contributed by atoms with van der Waals surface area (Å²) in [6, 6.07) is 3.39. The lowest BCUT2D eigenvalue weighted by Crippen LogP contribution is -2.38. The van der Waals surface area contributed by atoms with Crippen molar-refractivity contribution in [3.8, 4) is 5.75 Å². The van der Waals surface area contributed by atoms with E-state index in [9.17, 15) is 9.90 Å². The van der Waals surface area contributed by atoms with Crippen LogP contribution in [0, 0.1) is 5.92 Å². The molecule has 2 aliphatic rings. The molecule has 2 aromatic rings. The van der Waals surface area contributed by atoms with Crippen molar-refractivity contribution in [3.05, 3.63) is 12.1 Å². The molecule has 0 radical (unpaired) electrons. The van der Waals surface area contributed by atoms with E-state index < -0.39 is 11.9 Å². The van der Waals surface area contributed by atoms with Gasteiger partial charge in [-0.2, -0.15) is 0 Å². The van der Waals surface area contributed by atoms with Crippen LogP contribution in [-0.2, 0) is 11.3 Å². The summed E-state index contributed by atoms with van der Waals surface area (Å²) in [5.41, 5.74) is 7.98. The molecule has 1 aromatic heterocycles. The Hall–Kier alpha value is -2.48. The van der Waals surface area contributed by atoms with E-state index in [1.165, 1.54) is 0 Å². The summed E-state index contributed by atoms with van der Waals surface area (Å²) < 4.78 is 8.21. The van der Waals surface area contributed by atoms with Gasteiger partial charge in [-0.15, -0.1) is 0 Å². The van der Waals surface area contributed by atoms with E-state index in [4.69, 9.17) is 15.5 Å². The number of rotatable bonds is 5. The fourth-order valence-corrected chi connectivity index (χ4v) is 3.99. The molecule has 8 heteroatoms. The predicted octanol–water partition coefficient (Wildman–Crippen LogP) is 1.31. The molecule has 0 aliphatic carbocycles. The molecule has 4 N–H and O–H groups in total. The van der Waals surface area contributed by atoms with Crippen molar-refractivity contribution < 1.29 is 14.6 Å². The van der Waals surface area contributed by atoms with E-state index in [1.54, 1.807) is 6.92 Å². The van der Waals surface area contributed by atoms with Crippen LogP contribution in [0.2, 0.25) is 0 Å². The molecule has 0 spiro atoms. The Bertz CT molecular complexity index is 849. The number of anilines is 2. The van der Waals surface area contributed by atoms with Crippen LogP contribution in [0.15, 0.2) is 12.1 Å². The second-order valence-electron chi connectivity index (χ2n) is 7.51. The molecule has 8 nitrogen and oxygen atoms in total. The van der Waals surface area contributed by atoms with E-state index in [-0.39, 0.29) is 6.61 Å². The summed E-state index contributed by atoms with van der Waals surface area (Å²) in [6.07, 6.45) is 3.02. The molecule has 1 aromatic carbocycles. The number of ether oxygens (including phenoxy) is 1. The molecule has 2 aliphatic heterocycles. The Morgan fingerprint density at radius 2 is 2.30 bits per heavy atom. The van der Waals surface area contributed by atoms with Crippen molar-refractivity contribution in [2.24, 2.45) is 11.7 Å². The fourth-order valence-electron chi connectivity index (χ4n) is 3.99. The lowest BCUT2D eigenvalue weighted by molar-refractivity contribution is -0.118. The summed E-state index contributed by atoms with van der Waals surface area (Å²) in [5, 5.41) is 12.7. The van der Waals surface area contributed by atoms with Crippen molar-refractivity contribution in [1.29, 1.82) is 0 Å². The second kappa shape index (κ2) is 7.26. The van der Waals surface area contributed by atoms with Gasteiger partial charge in [0, 0.05) is 38.0 Å². The van der Waals surface area contributed by atoms with E-state index >= 15 is 0 Å². The molecule has 0 saturated carbocycles. The smallest absolute Gasteiger partial charge is 0.239 e. The zero-order valence-electron chi connectivity index (χ0n) is 15.6. The number of piperidine rings is 1. The lowest BCUT2D eigenvalue weighted by Gasteiger charge is -2.32. The Balaban J connectivity index is 1.75. The van der Waals surface area contributed by atoms with Crippen LogP contribution in [0.25, 0.3) is 11.0 Å². The number of aliphatic hydroxyl groups is 1. The standard InChI is InChI=1S/C19H27N5O3/c1-12(18(20)26)21-14-8-15-17-16(9-14)27-7-3-6-24(17)19(22-15)23-5-2-4-13(10-23)11-25/h8-9,12-13,21,25H,2-7,10-11H2,1H3,(H2,20,26)/t12-,13+/m0/s1. The van der Waals surface area contributed by atoms with Gasteiger partial charge in [0.1, 0.15) is 17.3 Å². The van der Waals surface area contributed by atoms with E-state index in [0.29, 0.717) is 12.5 Å². The molecular weight excluding hydrogens is 346 g/mol. The van der Waals surface area contributed by atoms with Gasteiger partial charge in [0.05, 0.1) is 12.1 Å².